The quantitative estimate of drug-likeness (QED) is 0.773. The highest BCUT2D eigenvalue weighted by atomic mass is 32.2. The molecule has 1 heterocycles. The first-order chi connectivity index (χ1) is 6.79. The van der Waals surface area contributed by atoms with Gasteiger partial charge in [0, 0.05) is 34.4 Å². The van der Waals surface area contributed by atoms with Crippen molar-refractivity contribution in [1.29, 1.82) is 0 Å². The van der Waals surface area contributed by atoms with Gasteiger partial charge in [0.05, 0.1) is 0 Å². The summed E-state index contributed by atoms with van der Waals surface area (Å²) >= 11 is 0. The molecule has 1 aliphatic heterocycles. The van der Waals surface area contributed by atoms with E-state index in [1.807, 2.05) is 0 Å². The van der Waals surface area contributed by atoms with E-state index in [1.165, 1.54) is 19.3 Å². The van der Waals surface area contributed by atoms with Crippen LogP contribution in [-0.2, 0) is 10.8 Å². The van der Waals surface area contributed by atoms with Crippen molar-refractivity contribution in [2.24, 2.45) is 5.92 Å². The van der Waals surface area contributed by atoms with Crippen LogP contribution in [0, 0.1) is 5.92 Å². The standard InChI is InChI=1S/C11H21NOS/c1-2-11(9-3-4-9)12-10-5-7-14(13)8-6-10/h9-12H,2-8H2,1H3. The molecular formula is C11H21NOS. The van der Waals surface area contributed by atoms with Crippen LogP contribution >= 0.6 is 0 Å². The van der Waals surface area contributed by atoms with Crippen molar-refractivity contribution >= 4 is 10.8 Å². The maximum atomic E-state index is 11.2. The highest BCUT2D eigenvalue weighted by Crippen LogP contribution is 2.34. The predicted molar refractivity (Wildman–Crippen MR) is 60.8 cm³/mol. The molecule has 1 unspecified atom stereocenters. The average Bonchev–Trinajstić information content (AvgIpc) is 3.01. The van der Waals surface area contributed by atoms with Gasteiger partial charge < -0.3 is 5.32 Å². The Morgan fingerprint density at radius 2 is 1.93 bits per heavy atom. The van der Waals surface area contributed by atoms with Gasteiger partial charge in [-0.05, 0) is 38.0 Å². The monoisotopic (exact) mass is 215 g/mol. The molecule has 0 spiro atoms. The Bertz CT molecular complexity index is 205. The molecule has 0 aromatic carbocycles. The first-order valence-corrected chi connectivity index (χ1v) is 7.39. The Labute approximate surface area is 89.3 Å². The summed E-state index contributed by atoms with van der Waals surface area (Å²) in [7, 11) is -0.513. The van der Waals surface area contributed by atoms with Crippen molar-refractivity contribution in [2.75, 3.05) is 11.5 Å². The summed E-state index contributed by atoms with van der Waals surface area (Å²) in [6.45, 7) is 2.27. The molecule has 1 saturated heterocycles. The van der Waals surface area contributed by atoms with E-state index in [9.17, 15) is 4.21 Å². The zero-order valence-corrected chi connectivity index (χ0v) is 9.81. The molecule has 0 bridgehead atoms. The molecule has 14 heavy (non-hydrogen) atoms. The van der Waals surface area contributed by atoms with E-state index in [2.05, 4.69) is 12.2 Å². The largest absolute Gasteiger partial charge is 0.311 e. The molecule has 2 aliphatic rings. The van der Waals surface area contributed by atoms with Gasteiger partial charge in [0.1, 0.15) is 0 Å². The molecule has 1 saturated carbocycles. The fraction of sp³-hybridized carbons (Fsp3) is 1.00. The van der Waals surface area contributed by atoms with Gasteiger partial charge in [0.15, 0.2) is 0 Å². The van der Waals surface area contributed by atoms with Gasteiger partial charge >= 0.3 is 0 Å². The Balaban J connectivity index is 1.75. The van der Waals surface area contributed by atoms with Crippen LogP contribution in [0.5, 0.6) is 0 Å². The van der Waals surface area contributed by atoms with Gasteiger partial charge in [-0.15, -0.1) is 0 Å². The third-order valence-electron chi connectivity index (χ3n) is 3.47. The summed E-state index contributed by atoms with van der Waals surface area (Å²) in [6.07, 6.45) is 6.34. The van der Waals surface area contributed by atoms with Crippen molar-refractivity contribution in [3.8, 4) is 0 Å². The van der Waals surface area contributed by atoms with E-state index < -0.39 is 10.8 Å². The lowest BCUT2D eigenvalue weighted by molar-refractivity contribution is 0.367. The van der Waals surface area contributed by atoms with Crippen LogP contribution in [0.1, 0.15) is 39.0 Å². The van der Waals surface area contributed by atoms with Crippen molar-refractivity contribution in [2.45, 2.75) is 51.1 Å². The molecule has 1 N–H and O–H groups in total. The molecule has 0 radical (unpaired) electrons. The van der Waals surface area contributed by atoms with Crippen LogP contribution in [0.4, 0.5) is 0 Å². The first kappa shape index (κ1) is 10.6. The lowest BCUT2D eigenvalue weighted by Gasteiger charge is -2.27. The van der Waals surface area contributed by atoms with E-state index >= 15 is 0 Å². The van der Waals surface area contributed by atoms with Crippen molar-refractivity contribution in [3.05, 3.63) is 0 Å². The molecule has 1 aliphatic carbocycles. The molecule has 3 heteroatoms. The van der Waals surface area contributed by atoms with Crippen LogP contribution in [-0.4, -0.2) is 27.8 Å². The van der Waals surface area contributed by atoms with E-state index in [1.54, 1.807) is 0 Å². The molecule has 2 nitrogen and oxygen atoms in total. The molecule has 0 aromatic heterocycles. The van der Waals surface area contributed by atoms with Gasteiger partial charge in [-0.25, -0.2) is 0 Å². The second-order valence-corrected chi connectivity index (χ2v) is 6.34. The highest BCUT2D eigenvalue weighted by molar-refractivity contribution is 7.85. The summed E-state index contributed by atoms with van der Waals surface area (Å²) in [4.78, 5) is 0. The summed E-state index contributed by atoms with van der Waals surface area (Å²) in [5, 5.41) is 3.75. The van der Waals surface area contributed by atoms with E-state index in [0.717, 1.165) is 36.3 Å². The zero-order chi connectivity index (χ0) is 9.97. The number of hydrogen-bond donors (Lipinski definition) is 1. The SMILES string of the molecule is CCC(NC1CCS(=O)CC1)C1CC1. The van der Waals surface area contributed by atoms with Crippen LogP contribution in [0.3, 0.4) is 0 Å². The van der Waals surface area contributed by atoms with Crippen LogP contribution < -0.4 is 5.32 Å². The molecule has 0 amide bonds. The summed E-state index contributed by atoms with van der Waals surface area (Å²) in [5.74, 6) is 2.78. The Morgan fingerprint density at radius 1 is 1.29 bits per heavy atom. The Kier molecular flexibility index (Phi) is 3.61. The summed E-state index contributed by atoms with van der Waals surface area (Å²) in [5.41, 5.74) is 0. The van der Waals surface area contributed by atoms with Crippen LogP contribution in [0.15, 0.2) is 0 Å². The second kappa shape index (κ2) is 4.75. The van der Waals surface area contributed by atoms with Crippen molar-refractivity contribution in [1.82, 2.24) is 5.32 Å². The van der Waals surface area contributed by atoms with Crippen molar-refractivity contribution < 1.29 is 4.21 Å². The first-order valence-electron chi connectivity index (χ1n) is 5.90. The van der Waals surface area contributed by atoms with Gasteiger partial charge in [0.25, 0.3) is 0 Å². The molecule has 1 atom stereocenters. The normalized spacial score (nSPS) is 35.5. The smallest absolute Gasteiger partial charge is 0.0249 e. The van der Waals surface area contributed by atoms with E-state index in [0.29, 0.717) is 6.04 Å². The van der Waals surface area contributed by atoms with E-state index in [-0.39, 0.29) is 0 Å². The molecule has 2 fully saturated rings. The lowest BCUT2D eigenvalue weighted by atomic mass is 10.1. The Hall–Kier alpha value is 0.110. The van der Waals surface area contributed by atoms with Crippen LogP contribution in [0.25, 0.3) is 0 Å². The minimum Gasteiger partial charge on any atom is -0.311 e. The van der Waals surface area contributed by atoms with Gasteiger partial charge in [-0.3, -0.25) is 4.21 Å². The van der Waals surface area contributed by atoms with E-state index in [4.69, 9.17) is 0 Å². The molecule has 82 valence electrons. The topological polar surface area (TPSA) is 29.1 Å². The summed E-state index contributed by atoms with van der Waals surface area (Å²) < 4.78 is 11.2. The number of nitrogens with one attached hydrogen (secondary N) is 1. The molecule has 0 aromatic rings. The fourth-order valence-electron chi connectivity index (χ4n) is 2.35. The maximum Gasteiger partial charge on any atom is 0.0249 e. The third-order valence-corrected chi connectivity index (χ3v) is 4.85. The minimum absolute atomic E-state index is 0.513. The lowest BCUT2D eigenvalue weighted by Crippen LogP contribution is -2.42. The van der Waals surface area contributed by atoms with Gasteiger partial charge in [-0.1, -0.05) is 6.92 Å². The predicted octanol–water partition coefficient (Wildman–Crippen LogP) is 1.68. The number of hydrogen-bond acceptors (Lipinski definition) is 2. The minimum atomic E-state index is -0.513. The van der Waals surface area contributed by atoms with Gasteiger partial charge in [0.2, 0.25) is 0 Å². The summed E-state index contributed by atoms with van der Waals surface area (Å²) in [6, 6.07) is 1.39. The van der Waals surface area contributed by atoms with Crippen LogP contribution in [0.2, 0.25) is 0 Å². The Morgan fingerprint density at radius 3 is 2.43 bits per heavy atom. The number of rotatable bonds is 4. The maximum absolute atomic E-state index is 11.2. The van der Waals surface area contributed by atoms with Gasteiger partial charge in [-0.2, -0.15) is 0 Å². The third kappa shape index (κ3) is 2.80. The average molecular weight is 215 g/mol. The zero-order valence-electron chi connectivity index (χ0n) is 9.00. The highest BCUT2D eigenvalue weighted by Gasteiger charge is 2.31. The molecule has 2 rings (SSSR count). The van der Waals surface area contributed by atoms with Crippen molar-refractivity contribution in [3.63, 3.8) is 0 Å². The second-order valence-electron chi connectivity index (χ2n) is 4.64. The fourth-order valence-corrected chi connectivity index (χ4v) is 3.65. The molecular weight excluding hydrogens is 194 g/mol.